The van der Waals surface area contributed by atoms with Gasteiger partial charge in [0.25, 0.3) is 0 Å². The molecule has 51 heavy (non-hydrogen) atoms. The molecule has 11 heteroatoms. The first-order valence-corrected chi connectivity index (χ1v) is 19.2. The number of hydrogen-bond acceptors (Lipinski definition) is 7. The summed E-state index contributed by atoms with van der Waals surface area (Å²) in [5.41, 5.74) is 8.42. The van der Waals surface area contributed by atoms with Crippen molar-refractivity contribution in [3.63, 3.8) is 0 Å². The maximum atomic E-state index is 14.3. The number of nitrogens with zero attached hydrogens (tertiary/aromatic N) is 1. The topological polar surface area (TPSA) is 143 Å². The van der Waals surface area contributed by atoms with Crippen LogP contribution >= 0.6 is 22.9 Å². The zero-order valence-electron chi connectivity index (χ0n) is 29.1. The van der Waals surface area contributed by atoms with Gasteiger partial charge in [0.1, 0.15) is 6.04 Å². The Hall–Kier alpha value is -4.12. The zero-order valence-corrected chi connectivity index (χ0v) is 30.7. The van der Waals surface area contributed by atoms with E-state index in [4.69, 9.17) is 17.3 Å². The molecule has 270 valence electrons. The molecule has 5 N–H and O–H groups in total. The maximum absolute atomic E-state index is 14.3. The lowest BCUT2D eigenvalue weighted by Crippen LogP contribution is -2.54. The van der Waals surface area contributed by atoms with Gasteiger partial charge in [0.15, 0.2) is 5.78 Å². The molecule has 0 aliphatic heterocycles. The highest BCUT2D eigenvalue weighted by Crippen LogP contribution is 2.31. The molecule has 3 atom stereocenters. The van der Waals surface area contributed by atoms with Crippen LogP contribution in [-0.2, 0) is 25.6 Å². The van der Waals surface area contributed by atoms with Crippen molar-refractivity contribution >= 4 is 56.7 Å². The van der Waals surface area contributed by atoms with Crippen molar-refractivity contribution in [2.75, 3.05) is 6.54 Å². The quantitative estimate of drug-likeness (QED) is 0.0843. The van der Waals surface area contributed by atoms with Gasteiger partial charge in [-0.2, -0.15) is 0 Å². The molecule has 3 amide bonds. The number of hydrogen-bond donors (Lipinski definition) is 4. The van der Waals surface area contributed by atoms with Crippen LogP contribution in [0.2, 0.25) is 5.02 Å². The van der Waals surface area contributed by atoms with Gasteiger partial charge in [-0.3, -0.25) is 19.2 Å². The molecule has 1 heterocycles. The van der Waals surface area contributed by atoms with Crippen molar-refractivity contribution < 1.29 is 19.2 Å². The Bertz CT molecular complexity index is 1720. The molecule has 1 aliphatic rings. The summed E-state index contributed by atoms with van der Waals surface area (Å²) in [5.74, 6) is -1.75. The first-order chi connectivity index (χ1) is 24.7. The van der Waals surface area contributed by atoms with Crippen LogP contribution in [0.15, 0.2) is 78.9 Å². The van der Waals surface area contributed by atoms with Crippen LogP contribution in [0, 0.1) is 11.8 Å². The number of nitrogens with two attached hydrogens (primary N) is 1. The number of aromatic nitrogens is 1. The van der Waals surface area contributed by atoms with Crippen LogP contribution in [0.25, 0.3) is 10.2 Å². The van der Waals surface area contributed by atoms with Gasteiger partial charge in [0, 0.05) is 30.2 Å². The van der Waals surface area contributed by atoms with Crippen LogP contribution in [-0.4, -0.2) is 47.1 Å². The van der Waals surface area contributed by atoms with Gasteiger partial charge in [0.05, 0.1) is 27.3 Å². The molecule has 0 unspecified atom stereocenters. The average molecular weight is 730 g/mol. The molecule has 9 nitrogen and oxygen atoms in total. The van der Waals surface area contributed by atoms with E-state index in [0.717, 1.165) is 53.4 Å². The highest BCUT2D eigenvalue weighted by molar-refractivity contribution is 7.18. The minimum Gasteiger partial charge on any atom is -0.345 e. The number of amides is 3. The first kappa shape index (κ1) is 38.1. The Balaban J connectivity index is 1.36. The SMILES string of the molecule is CCC(=O)N[C@@H](Cc1nc2cc(Cl)ccc2s1)C(=O)N[C@H](C(=O)C[C@@H](CCCCN)C(=O)NC(c1ccccc1)c1ccccc1)C1CCCC1. The number of benzene rings is 3. The van der Waals surface area contributed by atoms with Crippen LogP contribution in [0.1, 0.15) is 86.9 Å². The fraction of sp³-hybridized carbons (Fsp3) is 0.425. The number of nitrogens with one attached hydrogen (secondary N) is 3. The number of thiazole rings is 1. The smallest absolute Gasteiger partial charge is 0.243 e. The highest BCUT2D eigenvalue weighted by atomic mass is 35.5. The number of halogens is 1. The number of Topliss-reactive ketones (excluding diaryl/α,β-unsaturated/α-hetero) is 1. The molecule has 0 radical (unpaired) electrons. The Kier molecular flexibility index (Phi) is 14.1. The van der Waals surface area contributed by atoms with Crippen LogP contribution < -0.4 is 21.7 Å². The summed E-state index contributed by atoms with van der Waals surface area (Å²) in [6, 6.07) is 22.9. The van der Waals surface area contributed by atoms with E-state index in [-0.39, 0.29) is 48.8 Å². The number of carbonyl (C=O) groups is 4. The van der Waals surface area contributed by atoms with Crippen LogP contribution in [0.4, 0.5) is 0 Å². The summed E-state index contributed by atoms with van der Waals surface area (Å²) in [6.07, 6.45) is 5.81. The predicted molar refractivity (Wildman–Crippen MR) is 203 cm³/mol. The lowest BCUT2D eigenvalue weighted by molar-refractivity contribution is -0.134. The zero-order chi connectivity index (χ0) is 36.2. The Morgan fingerprint density at radius 3 is 2.18 bits per heavy atom. The van der Waals surface area contributed by atoms with E-state index >= 15 is 0 Å². The van der Waals surface area contributed by atoms with E-state index < -0.39 is 23.9 Å². The van der Waals surface area contributed by atoms with Gasteiger partial charge in [-0.1, -0.05) is 98.5 Å². The van der Waals surface area contributed by atoms with Crippen molar-refractivity contribution in [2.24, 2.45) is 17.6 Å². The van der Waals surface area contributed by atoms with Crippen LogP contribution in [0.5, 0.6) is 0 Å². The molecule has 1 aliphatic carbocycles. The third-order valence-corrected chi connectivity index (χ3v) is 10.9. The monoisotopic (exact) mass is 729 g/mol. The minimum atomic E-state index is -0.925. The average Bonchev–Trinajstić information content (AvgIpc) is 3.82. The molecule has 0 saturated heterocycles. The number of carbonyl (C=O) groups excluding carboxylic acids is 4. The standard InChI is InChI=1S/C40H48ClN5O4S/c1-2-35(48)43-32(25-36-44-31-24-30(41)20-21-34(31)51-36)40(50)46-38(28-17-9-10-18-28)33(47)23-29(19-11-12-22-42)39(49)45-37(26-13-5-3-6-14-26)27-15-7-4-8-16-27/h3-8,13-16,20-21,24,28-29,32,37-38H,2,9-12,17-19,22-23,25,42H2,1H3,(H,43,48)(H,45,49)(H,46,50)/t29-,32+,38+/m1/s1. The summed E-state index contributed by atoms with van der Waals surface area (Å²) in [7, 11) is 0. The van der Waals surface area contributed by atoms with Gasteiger partial charge in [-0.25, -0.2) is 4.98 Å². The molecule has 1 saturated carbocycles. The Morgan fingerprint density at radius 1 is 0.882 bits per heavy atom. The molecule has 4 aromatic rings. The second kappa shape index (κ2) is 18.9. The molecule has 1 fully saturated rings. The van der Waals surface area contributed by atoms with Crippen molar-refractivity contribution in [3.8, 4) is 0 Å². The molecule has 1 aromatic heterocycles. The van der Waals surface area contributed by atoms with Crippen molar-refractivity contribution in [2.45, 2.75) is 89.3 Å². The Morgan fingerprint density at radius 2 is 1.55 bits per heavy atom. The van der Waals surface area contributed by atoms with E-state index in [2.05, 4.69) is 20.9 Å². The third kappa shape index (κ3) is 10.7. The maximum Gasteiger partial charge on any atom is 0.243 e. The summed E-state index contributed by atoms with van der Waals surface area (Å²) in [4.78, 5) is 59.7. The van der Waals surface area contributed by atoms with Crippen LogP contribution in [0.3, 0.4) is 0 Å². The van der Waals surface area contributed by atoms with E-state index in [1.54, 1.807) is 19.1 Å². The number of rotatable bonds is 18. The minimum absolute atomic E-state index is 0.0151. The second-order valence-electron chi connectivity index (χ2n) is 13.3. The molecular formula is C40H48ClN5O4S. The van der Waals surface area contributed by atoms with E-state index in [1.807, 2.05) is 66.7 Å². The molecule has 0 spiro atoms. The van der Waals surface area contributed by atoms with E-state index in [0.29, 0.717) is 29.4 Å². The van der Waals surface area contributed by atoms with Gasteiger partial charge >= 0.3 is 0 Å². The summed E-state index contributed by atoms with van der Waals surface area (Å²) in [6.45, 7) is 2.22. The molecule has 5 rings (SSSR count). The lowest BCUT2D eigenvalue weighted by Gasteiger charge is -2.28. The molecule has 3 aromatic carbocycles. The lowest BCUT2D eigenvalue weighted by atomic mass is 9.86. The van der Waals surface area contributed by atoms with Crippen molar-refractivity contribution in [1.29, 1.82) is 0 Å². The van der Waals surface area contributed by atoms with Gasteiger partial charge in [-0.15, -0.1) is 11.3 Å². The van der Waals surface area contributed by atoms with Gasteiger partial charge in [0.2, 0.25) is 17.7 Å². The molecular weight excluding hydrogens is 682 g/mol. The summed E-state index contributed by atoms with van der Waals surface area (Å²) in [5, 5.41) is 10.4. The van der Waals surface area contributed by atoms with E-state index in [9.17, 15) is 19.2 Å². The number of fused-ring (bicyclic) bond motifs is 1. The highest BCUT2D eigenvalue weighted by Gasteiger charge is 2.36. The predicted octanol–water partition coefficient (Wildman–Crippen LogP) is 6.67. The van der Waals surface area contributed by atoms with Gasteiger partial charge < -0.3 is 21.7 Å². The normalized spacial score (nSPS) is 15.0. The van der Waals surface area contributed by atoms with Gasteiger partial charge in [-0.05, 0) is 67.5 Å². The number of ketones is 1. The first-order valence-electron chi connectivity index (χ1n) is 18.0. The number of unbranched alkanes of at least 4 members (excludes halogenated alkanes) is 1. The van der Waals surface area contributed by atoms with E-state index in [1.165, 1.54) is 11.3 Å². The van der Waals surface area contributed by atoms with Crippen molar-refractivity contribution in [1.82, 2.24) is 20.9 Å². The summed E-state index contributed by atoms with van der Waals surface area (Å²) < 4.78 is 0.926. The fourth-order valence-electron chi connectivity index (χ4n) is 6.86. The summed E-state index contributed by atoms with van der Waals surface area (Å²) >= 11 is 7.61. The third-order valence-electron chi connectivity index (χ3n) is 9.64. The van der Waals surface area contributed by atoms with Crippen molar-refractivity contribution in [3.05, 3.63) is 100 Å². The second-order valence-corrected chi connectivity index (χ2v) is 14.9. The molecule has 0 bridgehead atoms. The fourth-order valence-corrected chi connectivity index (χ4v) is 8.02. The Labute approximate surface area is 309 Å². The largest absolute Gasteiger partial charge is 0.345 e.